The minimum atomic E-state index is 0.595. The lowest BCUT2D eigenvalue weighted by atomic mass is 10.1. The van der Waals surface area contributed by atoms with E-state index in [1.807, 2.05) is 6.07 Å². The number of H-pyrrole nitrogens is 1. The lowest BCUT2D eigenvalue weighted by Crippen LogP contribution is -1.74. The van der Waals surface area contributed by atoms with Crippen molar-refractivity contribution < 1.29 is 0 Å². The van der Waals surface area contributed by atoms with Crippen LogP contribution in [-0.4, -0.2) is 4.98 Å². The van der Waals surface area contributed by atoms with Crippen LogP contribution >= 0.6 is 11.6 Å². The Morgan fingerprint density at radius 1 is 1.50 bits per heavy atom. The molecule has 2 rings (SSSR count). The van der Waals surface area contributed by atoms with Gasteiger partial charge in [0.2, 0.25) is 0 Å². The van der Waals surface area contributed by atoms with Gasteiger partial charge >= 0.3 is 0 Å². The zero-order chi connectivity index (χ0) is 10.1. The average Bonchev–Trinajstić information content (AvgIpc) is 2.54. The number of hydrogen-bond donors (Lipinski definition) is 1. The van der Waals surface area contributed by atoms with Crippen molar-refractivity contribution in [2.75, 3.05) is 0 Å². The van der Waals surface area contributed by atoms with E-state index in [4.69, 9.17) is 16.9 Å². The average molecular weight is 203 g/mol. The molecule has 2 nitrogen and oxygen atoms in total. The molecule has 14 heavy (non-hydrogen) atoms. The van der Waals surface area contributed by atoms with Gasteiger partial charge in [0.05, 0.1) is 11.3 Å². The van der Waals surface area contributed by atoms with E-state index in [0.717, 1.165) is 16.6 Å². The van der Waals surface area contributed by atoms with Gasteiger partial charge in [0.15, 0.2) is 0 Å². The molecule has 0 aliphatic heterocycles. The van der Waals surface area contributed by atoms with Crippen LogP contribution in [-0.2, 0) is 0 Å². The predicted molar refractivity (Wildman–Crippen MR) is 58.1 cm³/mol. The van der Waals surface area contributed by atoms with Gasteiger partial charge in [-0.3, -0.25) is 0 Å². The molecule has 0 unspecified atom stereocenters. The molecular weight excluding hydrogens is 196 g/mol. The van der Waals surface area contributed by atoms with Crippen LogP contribution in [0.3, 0.4) is 0 Å². The first-order chi connectivity index (χ1) is 6.76. The fraction of sp³-hybridized carbons (Fsp3) is 0. The monoisotopic (exact) mass is 202 g/mol. The van der Waals surface area contributed by atoms with Crippen molar-refractivity contribution in [1.29, 1.82) is 5.26 Å². The summed E-state index contributed by atoms with van der Waals surface area (Å²) in [5, 5.41) is 10.4. The van der Waals surface area contributed by atoms with Crippen molar-refractivity contribution in [2.24, 2.45) is 0 Å². The molecule has 1 aromatic heterocycles. The van der Waals surface area contributed by atoms with E-state index in [1.54, 1.807) is 18.2 Å². The van der Waals surface area contributed by atoms with Gasteiger partial charge < -0.3 is 4.98 Å². The highest BCUT2D eigenvalue weighted by Crippen LogP contribution is 2.25. The van der Waals surface area contributed by atoms with Gasteiger partial charge in [0, 0.05) is 15.9 Å². The third kappa shape index (κ3) is 1.19. The molecule has 0 atom stereocenters. The number of nitriles is 1. The van der Waals surface area contributed by atoms with Crippen LogP contribution in [0.25, 0.3) is 17.0 Å². The third-order valence-electron chi connectivity index (χ3n) is 2.11. The number of nitrogens with zero attached hydrogens (tertiary/aromatic N) is 1. The van der Waals surface area contributed by atoms with Crippen molar-refractivity contribution in [1.82, 2.24) is 4.98 Å². The first kappa shape index (κ1) is 8.86. The minimum Gasteiger partial charge on any atom is -0.354 e. The fourth-order valence-electron chi connectivity index (χ4n) is 1.46. The van der Waals surface area contributed by atoms with Crippen LogP contribution in [0, 0.1) is 11.3 Å². The third-order valence-corrected chi connectivity index (χ3v) is 2.34. The maximum Gasteiger partial charge on any atom is 0.102 e. The molecule has 3 heteroatoms. The van der Waals surface area contributed by atoms with Crippen molar-refractivity contribution in [3.05, 3.63) is 41.1 Å². The summed E-state index contributed by atoms with van der Waals surface area (Å²) in [4.78, 5) is 3.09. The molecule has 0 spiro atoms. The Morgan fingerprint density at radius 3 is 2.93 bits per heavy atom. The van der Waals surface area contributed by atoms with Gasteiger partial charge in [-0.1, -0.05) is 18.2 Å². The Kier molecular flexibility index (Phi) is 2.03. The Hall–Kier alpha value is -1.72. The standard InChI is InChI=1S/C11H7ClN2/c1-2-10-9(6-13)8-5-7(12)3-4-11(8)14-10/h2-5,14H,1H2. The molecule has 0 aliphatic carbocycles. The van der Waals surface area contributed by atoms with Gasteiger partial charge in [-0.05, 0) is 24.3 Å². The van der Waals surface area contributed by atoms with Gasteiger partial charge in [-0.25, -0.2) is 0 Å². The van der Waals surface area contributed by atoms with E-state index in [0.29, 0.717) is 10.6 Å². The van der Waals surface area contributed by atoms with Crippen LogP contribution in [0.4, 0.5) is 0 Å². The summed E-state index contributed by atoms with van der Waals surface area (Å²) in [6.45, 7) is 3.64. The SMILES string of the molecule is C=Cc1[nH]c2ccc(Cl)cc2c1C#N. The van der Waals surface area contributed by atoms with Crippen LogP contribution < -0.4 is 0 Å². The second-order valence-electron chi connectivity index (χ2n) is 2.92. The molecule has 0 saturated carbocycles. The normalized spacial score (nSPS) is 10.0. The number of aromatic nitrogens is 1. The summed E-state index contributed by atoms with van der Waals surface area (Å²) in [6.07, 6.45) is 1.63. The molecule has 1 heterocycles. The zero-order valence-corrected chi connectivity index (χ0v) is 8.10. The highest BCUT2D eigenvalue weighted by molar-refractivity contribution is 6.31. The summed E-state index contributed by atoms with van der Waals surface area (Å²) in [5.74, 6) is 0. The van der Waals surface area contributed by atoms with Crippen molar-refractivity contribution >= 4 is 28.6 Å². The van der Waals surface area contributed by atoms with Gasteiger partial charge in [-0.2, -0.15) is 5.26 Å². The van der Waals surface area contributed by atoms with E-state index >= 15 is 0 Å². The van der Waals surface area contributed by atoms with Crippen LogP contribution in [0.2, 0.25) is 5.02 Å². The van der Waals surface area contributed by atoms with Crippen LogP contribution in [0.5, 0.6) is 0 Å². The molecule has 0 aliphatic rings. The molecule has 68 valence electrons. The van der Waals surface area contributed by atoms with Crippen molar-refractivity contribution in [3.63, 3.8) is 0 Å². The highest BCUT2D eigenvalue weighted by Gasteiger charge is 2.08. The van der Waals surface area contributed by atoms with Gasteiger partial charge in [0.1, 0.15) is 6.07 Å². The van der Waals surface area contributed by atoms with Crippen molar-refractivity contribution in [2.45, 2.75) is 0 Å². The van der Waals surface area contributed by atoms with E-state index in [1.165, 1.54) is 0 Å². The molecule has 0 bridgehead atoms. The summed E-state index contributed by atoms with van der Waals surface area (Å²) in [5.41, 5.74) is 2.24. The number of fused-ring (bicyclic) bond motifs is 1. The highest BCUT2D eigenvalue weighted by atomic mass is 35.5. The molecule has 0 fully saturated rings. The topological polar surface area (TPSA) is 39.6 Å². The van der Waals surface area contributed by atoms with Crippen LogP contribution in [0.1, 0.15) is 11.3 Å². The number of nitrogens with one attached hydrogen (secondary N) is 1. The maximum absolute atomic E-state index is 8.97. The fourth-order valence-corrected chi connectivity index (χ4v) is 1.63. The first-order valence-electron chi connectivity index (χ1n) is 4.10. The molecule has 2 aromatic rings. The number of rotatable bonds is 1. The zero-order valence-electron chi connectivity index (χ0n) is 7.34. The Labute approximate surface area is 86.4 Å². The van der Waals surface area contributed by atoms with E-state index in [-0.39, 0.29) is 0 Å². The number of benzene rings is 1. The second-order valence-corrected chi connectivity index (χ2v) is 3.36. The smallest absolute Gasteiger partial charge is 0.102 e. The molecule has 1 N–H and O–H groups in total. The largest absolute Gasteiger partial charge is 0.354 e. The summed E-state index contributed by atoms with van der Waals surface area (Å²) >= 11 is 5.85. The number of aromatic amines is 1. The summed E-state index contributed by atoms with van der Waals surface area (Å²) < 4.78 is 0. The Balaban J connectivity index is 2.90. The van der Waals surface area contributed by atoms with Gasteiger partial charge in [-0.15, -0.1) is 0 Å². The maximum atomic E-state index is 8.97. The second kappa shape index (κ2) is 3.21. The first-order valence-corrected chi connectivity index (χ1v) is 4.48. The molecule has 0 amide bonds. The van der Waals surface area contributed by atoms with E-state index < -0.39 is 0 Å². The number of hydrogen-bond acceptors (Lipinski definition) is 1. The quantitative estimate of drug-likeness (QED) is 0.757. The summed E-state index contributed by atoms with van der Waals surface area (Å²) in [6, 6.07) is 7.55. The Morgan fingerprint density at radius 2 is 2.29 bits per heavy atom. The lowest BCUT2D eigenvalue weighted by Gasteiger charge is -1.90. The summed E-state index contributed by atoms with van der Waals surface area (Å²) in [7, 11) is 0. The number of halogens is 1. The van der Waals surface area contributed by atoms with Crippen LogP contribution in [0.15, 0.2) is 24.8 Å². The minimum absolute atomic E-state index is 0.595. The predicted octanol–water partition coefficient (Wildman–Crippen LogP) is 3.34. The molecule has 1 aromatic carbocycles. The van der Waals surface area contributed by atoms with Crippen molar-refractivity contribution in [3.8, 4) is 6.07 Å². The Bertz CT molecular complexity index is 546. The molecule has 0 saturated heterocycles. The van der Waals surface area contributed by atoms with Gasteiger partial charge in [0.25, 0.3) is 0 Å². The van der Waals surface area contributed by atoms with E-state index in [9.17, 15) is 0 Å². The molecule has 0 radical (unpaired) electrons. The molecular formula is C11H7ClN2. The van der Waals surface area contributed by atoms with E-state index in [2.05, 4.69) is 17.6 Å². The lowest BCUT2D eigenvalue weighted by molar-refractivity contribution is 1.41.